The van der Waals surface area contributed by atoms with Gasteiger partial charge in [-0.2, -0.15) is 0 Å². The number of hydrogen-bond donors (Lipinski definition) is 1. The summed E-state index contributed by atoms with van der Waals surface area (Å²) in [5.41, 5.74) is 6.39. The summed E-state index contributed by atoms with van der Waals surface area (Å²) in [6.07, 6.45) is 2.16. The van der Waals surface area contributed by atoms with Crippen molar-refractivity contribution in [3.63, 3.8) is 0 Å². The quantitative estimate of drug-likeness (QED) is 0.162. The molecule has 0 N–H and O–H groups in total. The van der Waals surface area contributed by atoms with Gasteiger partial charge >= 0.3 is 0 Å². The minimum absolute atomic E-state index is 0.995. The van der Waals surface area contributed by atoms with Crippen LogP contribution in [0.25, 0.3) is 49.0 Å². The minimum Gasteiger partial charge on any atom is -0.307 e. The van der Waals surface area contributed by atoms with Crippen LogP contribution in [0, 0.1) is 6.92 Å². The highest BCUT2D eigenvalue weighted by Crippen LogP contribution is 2.40. The van der Waals surface area contributed by atoms with Crippen molar-refractivity contribution >= 4 is 61.6 Å². The minimum atomic E-state index is 0.995. The highest BCUT2D eigenvalue weighted by atomic mass is 32.1. The van der Waals surface area contributed by atoms with Crippen molar-refractivity contribution in [2.45, 2.75) is 11.8 Å². The van der Waals surface area contributed by atoms with E-state index in [9.17, 15) is 0 Å². The Hall–Kier alpha value is -2.78. The van der Waals surface area contributed by atoms with E-state index in [1.165, 1.54) is 54.6 Å². The maximum atomic E-state index is 4.69. The van der Waals surface area contributed by atoms with Gasteiger partial charge in [-0.1, -0.05) is 30.3 Å². The molecule has 0 atom stereocenters. The fraction of sp³-hybridized carbons (Fsp3) is 0.0870. The Kier molecular flexibility index (Phi) is 2.59. The van der Waals surface area contributed by atoms with E-state index in [1.807, 2.05) is 0 Å². The monoisotopic (exact) mass is 353 g/mol. The molecule has 0 fully saturated rings. The third kappa shape index (κ3) is 1.57. The van der Waals surface area contributed by atoms with Gasteiger partial charge in [-0.3, -0.25) is 0 Å². The fourth-order valence-electron chi connectivity index (χ4n) is 4.65. The lowest BCUT2D eigenvalue weighted by Gasteiger charge is -2.13. The van der Waals surface area contributed by atoms with Crippen LogP contribution in [0.2, 0.25) is 0 Å². The van der Waals surface area contributed by atoms with Gasteiger partial charge in [0.2, 0.25) is 5.52 Å². The number of para-hydroxylation sites is 1. The second-order valence-electron chi connectivity index (χ2n) is 7.21. The van der Waals surface area contributed by atoms with Crippen LogP contribution in [0.4, 0.5) is 0 Å². The van der Waals surface area contributed by atoms with E-state index < -0.39 is 0 Å². The van der Waals surface area contributed by atoms with Crippen LogP contribution in [0.3, 0.4) is 0 Å². The molecule has 0 bridgehead atoms. The molecule has 0 amide bonds. The zero-order chi connectivity index (χ0) is 17.6. The molecule has 26 heavy (non-hydrogen) atoms. The second-order valence-corrected chi connectivity index (χ2v) is 7.73. The lowest BCUT2D eigenvalue weighted by atomic mass is 10.00. The van der Waals surface area contributed by atoms with E-state index in [-0.39, 0.29) is 0 Å². The molecule has 0 aliphatic carbocycles. The van der Waals surface area contributed by atoms with Gasteiger partial charge in [0.25, 0.3) is 0 Å². The molecular weight excluding hydrogens is 336 g/mol. The molecule has 0 saturated heterocycles. The average molecular weight is 353 g/mol. The molecule has 0 spiro atoms. The lowest BCUT2D eigenvalue weighted by molar-refractivity contribution is -0.643. The molecule has 3 heteroatoms. The molecule has 0 aliphatic heterocycles. The van der Waals surface area contributed by atoms with Gasteiger partial charge in [0, 0.05) is 21.7 Å². The third-order valence-corrected chi connectivity index (χ3v) is 5.98. The summed E-state index contributed by atoms with van der Waals surface area (Å²) >= 11 is 4.69. The van der Waals surface area contributed by atoms with E-state index in [4.69, 9.17) is 12.6 Å². The maximum absolute atomic E-state index is 4.69. The molecule has 124 valence electrons. The van der Waals surface area contributed by atoms with E-state index in [0.29, 0.717) is 0 Å². The molecular formula is C23H17N2S+. The lowest BCUT2D eigenvalue weighted by Crippen LogP contribution is -2.28. The third-order valence-electron chi connectivity index (χ3n) is 5.72. The first-order valence-corrected chi connectivity index (χ1v) is 9.29. The van der Waals surface area contributed by atoms with Crippen molar-refractivity contribution in [2.75, 3.05) is 0 Å². The van der Waals surface area contributed by atoms with Gasteiger partial charge in [-0.05, 0) is 36.1 Å². The number of fused-ring (bicyclic) bond motifs is 5. The number of aryl methyl sites for hydroxylation is 2. The molecule has 0 radical (unpaired) electrons. The van der Waals surface area contributed by atoms with Crippen LogP contribution in [0.1, 0.15) is 5.56 Å². The van der Waals surface area contributed by atoms with Crippen LogP contribution in [0.5, 0.6) is 0 Å². The molecule has 0 aliphatic rings. The Labute approximate surface area is 156 Å². The van der Waals surface area contributed by atoms with Crippen molar-refractivity contribution < 1.29 is 4.57 Å². The Balaban J connectivity index is 2.17. The van der Waals surface area contributed by atoms with Crippen molar-refractivity contribution in [3.05, 3.63) is 66.4 Å². The number of aromatic nitrogens is 2. The van der Waals surface area contributed by atoms with Gasteiger partial charge < -0.3 is 4.40 Å². The number of thiol groups is 1. The number of pyridine rings is 2. The molecule has 2 nitrogen and oxygen atoms in total. The normalized spacial score (nSPS) is 12.4. The van der Waals surface area contributed by atoms with E-state index in [2.05, 4.69) is 83.7 Å². The molecule has 3 heterocycles. The summed E-state index contributed by atoms with van der Waals surface area (Å²) in [4.78, 5) is 0.995. The van der Waals surface area contributed by atoms with E-state index in [0.717, 1.165) is 4.90 Å². The summed E-state index contributed by atoms with van der Waals surface area (Å²) in [6, 6.07) is 19.8. The number of hydrogen-bond acceptors (Lipinski definition) is 1. The fourth-order valence-corrected chi connectivity index (χ4v) is 4.91. The molecule has 0 saturated carbocycles. The molecule has 3 aromatic carbocycles. The van der Waals surface area contributed by atoms with Crippen molar-refractivity contribution in [3.8, 4) is 0 Å². The van der Waals surface area contributed by atoms with Gasteiger partial charge in [-0.15, -0.1) is 12.6 Å². The molecule has 6 aromatic rings. The Bertz CT molecular complexity index is 1510. The number of nitrogens with zero attached hydrogens (tertiary/aromatic N) is 2. The Morgan fingerprint density at radius 3 is 2.62 bits per heavy atom. The highest BCUT2D eigenvalue weighted by molar-refractivity contribution is 7.80. The van der Waals surface area contributed by atoms with Crippen LogP contribution >= 0.6 is 12.6 Å². The predicted octanol–water partition coefficient (Wildman–Crippen LogP) is 5.41. The molecule has 6 rings (SSSR count). The Morgan fingerprint density at radius 1 is 0.885 bits per heavy atom. The van der Waals surface area contributed by atoms with Crippen LogP contribution in [-0.4, -0.2) is 4.40 Å². The van der Waals surface area contributed by atoms with Crippen LogP contribution in [-0.2, 0) is 7.05 Å². The van der Waals surface area contributed by atoms with Gasteiger partial charge in [-0.25, -0.2) is 4.57 Å². The SMILES string of the molecule is Cc1ccc2c3ccccc3n3c4cc(S)cc5cc[n+](C)c(c1c23)c54. The summed E-state index contributed by atoms with van der Waals surface area (Å²) < 4.78 is 4.69. The van der Waals surface area contributed by atoms with E-state index >= 15 is 0 Å². The zero-order valence-electron chi connectivity index (χ0n) is 14.6. The van der Waals surface area contributed by atoms with E-state index in [1.54, 1.807) is 0 Å². The van der Waals surface area contributed by atoms with Crippen LogP contribution < -0.4 is 4.57 Å². The summed E-state index contributed by atoms with van der Waals surface area (Å²) in [5.74, 6) is 0. The van der Waals surface area contributed by atoms with Gasteiger partial charge in [0.1, 0.15) is 7.05 Å². The first kappa shape index (κ1) is 14.4. The smallest absolute Gasteiger partial charge is 0.224 e. The second kappa shape index (κ2) is 4.68. The predicted molar refractivity (Wildman–Crippen MR) is 112 cm³/mol. The van der Waals surface area contributed by atoms with Crippen molar-refractivity contribution in [2.24, 2.45) is 7.05 Å². The standard InChI is InChI=1S/C23H16N2S/c1-13-7-8-17-16-5-3-4-6-18(16)25-19-12-15(26)11-14-9-10-24(2)23(21(14)19)20(13)22(17)25/h3-12H,1-2H3/p+1. The van der Waals surface area contributed by atoms with Gasteiger partial charge in [0.15, 0.2) is 6.20 Å². The van der Waals surface area contributed by atoms with Crippen LogP contribution in [0.15, 0.2) is 65.7 Å². The highest BCUT2D eigenvalue weighted by Gasteiger charge is 2.23. The zero-order valence-corrected chi connectivity index (χ0v) is 15.5. The van der Waals surface area contributed by atoms with Crippen molar-refractivity contribution in [1.29, 1.82) is 0 Å². The molecule has 0 unspecified atom stereocenters. The number of rotatable bonds is 0. The average Bonchev–Trinajstić information content (AvgIpc) is 2.97. The topological polar surface area (TPSA) is 8.29 Å². The molecule has 3 aromatic heterocycles. The summed E-state index contributed by atoms with van der Waals surface area (Å²) in [7, 11) is 2.14. The summed E-state index contributed by atoms with van der Waals surface area (Å²) in [6.45, 7) is 2.22. The first-order valence-electron chi connectivity index (χ1n) is 8.84. The first-order chi connectivity index (χ1) is 12.6. The largest absolute Gasteiger partial charge is 0.307 e. The Morgan fingerprint density at radius 2 is 1.73 bits per heavy atom. The number of benzene rings is 3. The summed E-state index contributed by atoms with van der Waals surface area (Å²) in [5, 5.41) is 6.49. The maximum Gasteiger partial charge on any atom is 0.224 e. The van der Waals surface area contributed by atoms with Gasteiger partial charge in [0.05, 0.1) is 27.3 Å². The van der Waals surface area contributed by atoms with Crippen molar-refractivity contribution in [1.82, 2.24) is 4.40 Å².